The number of hydrogen-bond donors (Lipinski definition) is 2. The van der Waals surface area contributed by atoms with E-state index in [1.165, 1.54) is 0 Å². The van der Waals surface area contributed by atoms with Gasteiger partial charge in [-0.15, -0.1) is 0 Å². The van der Waals surface area contributed by atoms with Crippen LogP contribution >= 0.6 is 0 Å². The van der Waals surface area contributed by atoms with Gasteiger partial charge in [-0.2, -0.15) is 0 Å². The van der Waals surface area contributed by atoms with Gasteiger partial charge in [0.25, 0.3) is 0 Å². The van der Waals surface area contributed by atoms with E-state index in [0.717, 1.165) is 11.3 Å². The molecule has 1 aliphatic heterocycles. The van der Waals surface area contributed by atoms with Crippen molar-refractivity contribution in [1.82, 2.24) is 10.6 Å². The van der Waals surface area contributed by atoms with Crippen LogP contribution in [0.2, 0.25) is 0 Å². The van der Waals surface area contributed by atoms with Gasteiger partial charge < -0.3 is 15.5 Å². The van der Waals surface area contributed by atoms with Crippen molar-refractivity contribution in [2.75, 3.05) is 11.4 Å². The third-order valence-electron chi connectivity index (χ3n) is 3.82. The molecule has 0 saturated carbocycles. The molecule has 2 aromatic rings. The van der Waals surface area contributed by atoms with E-state index in [4.69, 9.17) is 0 Å². The van der Waals surface area contributed by atoms with Crippen LogP contribution in [-0.4, -0.2) is 24.5 Å². The highest BCUT2D eigenvalue weighted by molar-refractivity contribution is 5.96. The standard InChI is InChI=1S/C18H19N3O2/c22-17-11-15(13-21(17)16-9-5-2-6-10-16)20-18(23)19-12-14-7-3-1-4-8-14/h1-10,15H,11-13H2,(H2,19,20,23). The second kappa shape index (κ2) is 6.96. The summed E-state index contributed by atoms with van der Waals surface area (Å²) in [7, 11) is 0. The average molecular weight is 309 g/mol. The molecule has 1 unspecified atom stereocenters. The lowest BCUT2D eigenvalue weighted by Crippen LogP contribution is -2.43. The third kappa shape index (κ3) is 3.88. The van der Waals surface area contributed by atoms with Crippen molar-refractivity contribution in [2.24, 2.45) is 0 Å². The maximum Gasteiger partial charge on any atom is 0.315 e. The molecule has 1 saturated heterocycles. The van der Waals surface area contributed by atoms with Crippen LogP contribution in [0.4, 0.5) is 10.5 Å². The van der Waals surface area contributed by atoms with Gasteiger partial charge in [-0.3, -0.25) is 4.79 Å². The zero-order valence-corrected chi connectivity index (χ0v) is 12.7. The van der Waals surface area contributed by atoms with Gasteiger partial charge in [-0.05, 0) is 17.7 Å². The fourth-order valence-corrected chi connectivity index (χ4v) is 2.68. The Balaban J connectivity index is 1.51. The van der Waals surface area contributed by atoms with Crippen LogP contribution in [-0.2, 0) is 11.3 Å². The summed E-state index contributed by atoms with van der Waals surface area (Å²) in [6.07, 6.45) is 0.327. The molecule has 0 aliphatic carbocycles. The maximum absolute atomic E-state index is 12.1. The number of benzene rings is 2. The van der Waals surface area contributed by atoms with Gasteiger partial charge in [-0.25, -0.2) is 4.79 Å². The molecular weight excluding hydrogens is 290 g/mol. The minimum Gasteiger partial charge on any atom is -0.334 e. The molecule has 2 aromatic carbocycles. The van der Waals surface area contributed by atoms with E-state index >= 15 is 0 Å². The van der Waals surface area contributed by atoms with Crippen molar-refractivity contribution in [3.8, 4) is 0 Å². The van der Waals surface area contributed by atoms with E-state index < -0.39 is 0 Å². The monoisotopic (exact) mass is 309 g/mol. The van der Waals surface area contributed by atoms with E-state index in [-0.39, 0.29) is 18.0 Å². The first kappa shape index (κ1) is 15.1. The molecule has 3 amide bonds. The highest BCUT2D eigenvalue weighted by atomic mass is 16.2. The minimum atomic E-state index is -0.249. The summed E-state index contributed by atoms with van der Waals surface area (Å²) in [4.78, 5) is 25.8. The number of anilines is 1. The Morgan fingerprint density at radius 2 is 1.70 bits per heavy atom. The number of carbonyl (C=O) groups excluding carboxylic acids is 2. The van der Waals surface area contributed by atoms with Crippen molar-refractivity contribution in [3.63, 3.8) is 0 Å². The van der Waals surface area contributed by atoms with Crippen molar-refractivity contribution in [2.45, 2.75) is 19.0 Å². The largest absolute Gasteiger partial charge is 0.334 e. The Morgan fingerprint density at radius 1 is 1.04 bits per heavy atom. The summed E-state index contributed by atoms with van der Waals surface area (Å²) in [6.45, 7) is 0.970. The quantitative estimate of drug-likeness (QED) is 0.910. The molecule has 0 aromatic heterocycles. The van der Waals surface area contributed by atoms with Gasteiger partial charge in [0.15, 0.2) is 0 Å². The highest BCUT2D eigenvalue weighted by Crippen LogP contribution is 2.20. The molecule has 1 aliphatic rings. The van der Waals surface area contributed by atoms with Gasteiger partial charge in [-0.1, -0.05) is 48.5 Å². The topological polar surface area (TPSA) is 61.4 Å². The summed E-state index contributed by atoms with van der Waals surface area (Å²) >= 11 is 0. The first-order chi connectivity index (χ1) is 11.2. The van der Waals surface area contributed by atoms with Crippen LogP contribution in [0.5, 0.6) is 0 Å². The molecule has 1 heterocycles. The van der Waals surface area contributed by atoms with Gasteiger partial charge in [0.2, 0.25) is 5.91 Å². The van der Waals surface area contributed by atoms with Gasteiger partial charge in [0.1, 0.15) is 0 Å². The van der Waals surface area contributed by atoms with E-state index in [2.05, 4.69) is 10.6 Å². The van der Waals surface area contributed by atoms with E-state index in [1.807, 2.05) is 60.7 Å². The fraction of sp³-hybridized carbons (Fsp3) is 0.222. The molecule has 0 spiro atoms. The van der Waals surface area contributed by atoms with E-state index in [0.29, 0.717) is 19.5 Å². The summed E-state index contributed by atoms with van der Waals surface area (Å²) in [5.74, 6) is 0.0320. The number of nitrogens with zero attached hydrogens (tertiary/aromatic N) is 1. The van der Waals surface area contributed by atoms with Gasteiger partial charge >= 0.3 is 6.03 Å². The van der Waals surface area contributed by atoms with Crippen LogP contribution < -0.4 is 15.5 Å². The molecule has 1 atom stereocenters. The Morgan fingerprint density at radius 3 is 2.39 bits per heavy atom. The molecule has 3 rings (SSSR count). The SMILES string of the molecule is O=C(NCc1ccccc1)NC1CC(=O)N(c2ccccc2)C1. The zero-order valence-electron chi connectivity index (χ0n) is 12.7. The van der Waals surface area contributed by atoms with Crippen molar-refractivity contribution in [3.05, 3.63) is 66.2 Å². The number of para-hydroxylation sites is 1. The molecule has 1 fully saturated rings. The van der Waals surface area contributed by atoms with Crippen LogP contribution in [0.15, 0.2) is 60.7 Å². The molecule has 118 valence electrons. The maximum atomic E-state index is 12.1. The minimum absolute atomic E-state index is 0.0320. The van der Waals surface area contributed by atoms with Crippen molar-refractivity contribution < 1.29 is 9.59 Å². The third-order valence-corrected chi connectivity index (χ3v) is 3.82. The number of amides is 3. The molecular formula is C18H19N3O2. The van der Waals surface area contributed by atoms with Gasteiger partial charge in [0, 0.05) is 25.2 Å². The first-order valence-electron chi connectivity index (χ1n) is 7.66. The molecule has 0 radical (unpaired) electrons. The Kier molecular flexibility index (Phi) is 4.57. The molecule has 0 bridgehead atoms. The molecule has 2 N–H and O–H groups in total. The highest BCUT2D eigenvalue weighted by Gasteiger charge is 2.31. The average Bonchev–Trinajstić information content (AvgIpc) is 2.95. The lowest BCUT2D eigenvalue weighted by atomic mass is 10.2. The molecule has 23 heavy (non-hydrogen) atoms. The van der Waals surface area contributed by atoms with Crippen molar-refractivity contribution in [1.29, 1.82) is 0 Å². The molecule has 5 heteroatoms. The molecule has 5 nitrogen and oxygen atoms in total. The number of nitrogens with one attached hydrogen (secondary N) is 2. The van der Waals surface area contributed by atoms with E-state index in [1.54, 1.807) is 4.90 Å². The van der Waals surface area contributed by atoms with Gasteiger partial charge in [0.05, 0.1) is 6.04 Å². The van der Waals surface area contributed by atoms with Crippen molar-refractivity contribution >= 4 is 17.6 Å². The van der Waals surface area contributed by atoms with Crippen LogP contribution in [0.1, 0.15) is 12.0 Å². The second-order valence-electron chi connectivity index (χ2n) is 5.55. The summed E-state index contributed by atoms with van der Waals surface area (Å²) in [5, 5.41) is 5.68. The zero-order chi connectivity index (χ0) is 16.1. The normalized spacial score (nSPS) is 17.1. The summed E-state index contributed by atoms with van der Waals surface area (Å²) < 4.78 is 0. The Hall–Kier alpha value is -2.82. The number of carbonyl (C=O) groups is 2. The predicted molar refractivity (Wildman–Crippen MR) is 89.0 cm³/mol. The number of hydrogen-bond acceptors (Lipinski definition) is 2. The number of rotatable bonds is 4. The first-order valence-corrected chi connectivity index (χ1v) is 7.66. The van der Waals surface area contributed by atoms with Crippen LogP contribution in [0, 0.1) is 0 Å². The second-order valence-corrected chi connectivity index (χ2v) is 5.55. The smallest absolute Gasteiger partial charge is 0.315 e. The van der Waals surface area contributed by atoms with E-state index in [9.17, 15) is 9.59 Å². The Bertz CT molecular complexity index is 673. The van der Waals surface area contributed by atoms with Crippen LogP contribution in [0.25, 0.3) is 0 Å². The summed E-state index contributed by atoms with van der Waals surface area (Å²) in [5.41, 5.74) is 1.91. The summed E-state index contributed by atoms with van der Waals surface area (Å²) in [6, 6.07) is 18.8. The number of urea groups is 1. The Labute approximate surface area is 135 Å². The fourth-order valence-electron chi connectivity index (χ4n) is 2.68. The van der Waals surface area contributed by atoms with Crippen LogP contribution in [0.3, 0.4) is 0 Å². The lowest BCUT2D eigenvalue weighted by Gasteiger charge is -2.17. The lowest BCUT2D eigenvalue weighted by molar-refractivity contribution is -0.117. The predicted octanol–water partition coefficient (Wildman–Crippen LogP) is 2.29.